The van der Waals surface area contributed by atoms with Crippen LogP contribution >= 0.6 is 23.2 Å². The molecule has 0 heterocycles. The Bertz CT molecular complexity index is 865. The number of rotatable bonds is 5. The fourth-order valence-corrected chi connectivity index (χ4v) is 2.83. The summed E-state index contributed by atoms with van der Waals surface area (Å²) in [7, 11) is 0. The average Bonchev–Trinajstić information content (AvgIpc) is 2.49. The standard InChI is InChI=1S/C16H10Cl2F3NO4/c17-9-2-1-8(12(18)6-9)5-10-13(19)4-3-11(15(10)22(25)26)16(20,21)7-14(23)24/h1-6,13H,7H2,(H,23,24)/b10-5+/t13-/m0/s1. The van der Waals surface area contributed by atoms with Gasteiger partial charge < -0.3 is 5.11 Å². The van der Waals surface area contributed by atoms with Crippen LogP contribution in [0.2, 0.25) is 10.0 Å². The van der Waals surface area contributed by atoms with Gasteiger partial charge in [-0.15, -0.1) is 0 Å². The van der Waals surface area contributed by atoms with Crippen LogP contribution in [-0.4, -0.2) is 28.1 Å². The molecule has 0 fully saturated rings. The zero-order chi connectivity index (χ0) is 19.6. The summed E-state index contributed by atoms with van der Waals surface area (Å²) in [6.07, 6.45) is -1.54. The molecule has 0 bridgehead atoms. The molecule has 138 valence electrons. The molecule has 1 aromatic carbocycles. The van der Waals surface area contributed by atoms with Crippen molar-refractivity contribution in [2.45, 2.75) is 18.5 Å². The van der Waals surface area contributed by atoms with Crippen molar-refractivity contribution in [3.63, 3.8) is 0 Å². The van der Waals surface area contributed by atoms with Crippen LogP contribution in [0.3, 0.4) is 0 Å². The second kappa shape index (κ2) is 7.51. The second-order valence-corrected chi connectivity index (χ2v) is 6.16. The van der Waals surface area contributed by atoms with Crippen LogP contribution < -0.4 is 0 Å². The summed E-state index contributed by atoms with van der Waals surface area (Å²) in [6.45, 7) is 0. The number of hydrogen-bond acceptors (Lipinski definition) is 3. The molecule has 1 atom stereocenters. The van der Waals surface area contributed by atoms with Crippen LogP contribution in [0.15, 0.2) is 47.2 Å². The van der Waals surface area contributed by atoms with Crippen molar-refractivity contribution in [3.05, 3.63) is 72.9 Å². The number of halogens is 5. The summed E-state index contributed by atoms with van der Waals surface area (Å²) in [5.74, 6) is -5.92. The SMILES string of the molecule is O=C(O)CC(F)(F)C1=C([N+](=O)[O-])/C(=C/c2ccc(Cl)cc2Cl)[C@@H](F)C=C1. The molecule has 1 aliphatic carbocycles. The Balaban J connectivity index is 2.67. The van der Waals surface area contributed by atoms with Crippen LogP contribution in [0.1, 0.15) is 12.0 Å². The third-order valence-corrected chi connectivity index (χ3v) is 4.04. The molecule has 0 radical (unpaired) electrons. The first kappa shape index (κ1) is 20.0. The highest BCUT2D eigenvalue weighted by Gasteiger charge is 2.45. The highest BCUT2D eigenvalue weighted by Crippen LogP contribution is 2.39. The van der Waals surface area contributed by atoms with Gasteiger partial charge in [0.25, 0.3) is 11.6 Å². The number of nitro groups is 1. The maximum atomic E-state index is 14.3. The highest BCUT2D eigenvalue weighted by molar-refractivity contribution is 6.35. The molecule has 0 amide bonds. The van der Waals surface area contributed by atoms with Gasteiger partial charge >= 0.3 is 5.97 Å². The van der Waals surface area contributed by atoms with Crippen LogP contribution in [0, 0.1) is 10.1 Å². The van der Waals surface area contributed by atoms with Crippen LogP contribution in [0.4, 0.5) is 13.2 Å². The summed E-state index contributed by atoms with van der Waals surface area (Å²) in [5.41, 5.74) is -2.92. The topological polar surface area (TPSA) is 80.4 Å². The van der Waals surface area contributed by atoms with E-state index in [1.54, 1.807) is 0 Å². The largest absolute Gasteiger partial charge is 0.481 e. The van der Waals surface area contributed by atoms with Crippen molar-refractivity contribution in [1.82, 2.24) is 0 Å². The van der Waals surface area contributed by atoms with Gasteiger partial charge in [0, 0.05) is 10.0 Å². The molecule has 0 spiro atoms. The number of aliphatic carboxylic acids is 1. The Morgan fingerprint density at radius 2 is 2.04 bits per heavy atom. The number of allylic oxidation sites excluding steroid dienone is 4. The summed E-state index contributed by atoms with van der Waals surface area (Å²) in [4.78, 5) is 20.8. The number of hydrogen-bond donors (Lipinski definition) is 1. The lowest BCUT2D eigenvalue weighted by Gasteiger charge is -2.21. The van der Waals surface area contributed by atoms with Crippen LogP contribution in [0.5, 0.6) is 0 Å². The van der Waals surface area contributed by atoms with Gasteiger partial charge in [-0.25, -0.2) is 13.2 Å². The van der Waals surface area contributed by atoms with Crippen molar-refractivity contribution < 1.29 is 28.0 Å². The van der Waals surface area contributed by atoms with Gasteiger partial charge in [0.05, 0.1) is 16.1 Å². The van der Waals surface area contributed by atoms with E-state index in [0.717, 1.165) is 6.08 Å². The molecule has 0 saturated carbocycles. The third kappa shape index (κ3) is 4.25. The van der Waals surface area contributed by atoms with E-state index in [2.05, 4.69) is 0 Å². The van der Waals surface area contributed by atoms with Gasteiger partial charge in [-0.3, -0.25) is 14.9 Å². The molecule has 26 heavy (non-hydrogen) atoms. The number of nitrogens with zero attached hydrogens (tertiary/aromatic N) is 1. The molecule has 0 aromatic heterocycles. The van der Waals surface area contributed by atoms with Crippen LogP contribution in [-0.2, 0) is 4.79 Å². The first-order valence-electron chi connectivity index (χ1n) is 7.01. The first-order valence-corrected chi connectivity index (χ1v) is 7.76. The van der Waals surface area contributed by atoms with E-state index in [1.165, 1.54) is 18.2 Å². The predicted molar refractivity (Wildman–Crippen MR) is 89.7 cm³/mol. The van der Waals surface area contributed by atoms with Crippen molar-refractivity contribution in [1.29, 1.82) is 0 Å². The van der Waals surface area contributed by atoms with Crippen molar-refractivity contribution in [2.24, 2.45) is 0 Å². The Morgan fingerprint density at radius 1 is 1.38 bits per heavy atom. The van der Waals surface area contributed by atoms with Gasteiger partial charge in [-0.1, -0.05) is 29.3 Å². The minimum atomic E-state index is -4.06. The van der Waals surface area contributed by atoms with Gasteiger partial charge in [0.2, 0.25) is 0 Å². The molecule has 1 N–H and O–H groups in total. The van der Waals surface area contributed by atoms with E-state index in [1.807, 2.05) is 0 Å². The molecule has 2 rings (SSSR count). The molecular formula is C16H10Cl2F3NO4. The maximum Gasteiger partial charge on any atom is 0.309 e. The summed E-state index contributed by atoms with van der Waals surface area (Å²) in [5, 5.41) is 20.3. The third-order valence-electron chi connectivity index (χ3n) is 3.48. The number of carboxylic acid groups (broad SMARTS) is 1. The van der Waals surface area contributed by atoms with Gasteiger partial charge in [0.1, 0.15) is 6.42 Å². The molecule has 1 aromatic rings. The van der Waals surface area contributed by atoms with Gasteiger partial charge in [-0.2, -0.15) is 0 Å². The fourth-order valence-electron chi connectivity index (χ4n) is 2.37. The summed E-state index contributed by atoms with van der Waals surface area (Å²) in [6, 6.07) is 4.04. The maximum absolute atomic E-state index is 14.3. The molecule has 5 nitrogen and oxygen atoms in total. The molecule has 0 aliphatic heterocycles. The van der Waals surface area contributed by atoms with Crippen molar-refractivity contribution in [3.8, 4) is 0 Å². The Labute approximate surface area is 155 Å². The highest BCUT2D eigenvalue weighted by atomic mass is 35.5. The number of carboxylic acids is 1. The molecule has 0 unspecified atom stereocenters. The lowest BCUT2D eigenvalue weighted by atomic mass is 9.90. The van der Waals surface area contributed by atoms with E-state index in [4.69, 9.17) is 28.3 Å². The van der Waals surface area contributed by atoms with E-state index in [-0.39, 0.29) is 15.6 Å². The number of carbonyl (C=O) groups is 1. The van der Waals surface area contributed by atoms with Crippen molar-refractivity contribution >= 4 is 35.2 Å². The zero-order valence-corrected chi connectivity index (χ0v) is 14.3. The quantitative estimate of drug-likeness (QED) is 0.554. The van der Waals surface area contributed by atoms with E-state index < -0.39 is 46.3 Å². The molecule has 1 aliphatic rings. The zero-order valence-electron chi connectivity index (χ0n) is 12.8. The molecular weight excluding hydrogens is 398 g/mol. The van der Waals surface area contributed by atoms with Gasteiger partial charge in [0.15, 0.2) is 6.17 Å². The lowest BCUT2D eigenvalue weighted by Crippen LogP contribution is -2.29. The van der Waals surface area contributed by atoms with Crippen LogP contribution in [0.25, 0.3) is 6.08 Å². The Kier molecular flexibility index (Phi) is 5.77. The van der Waals surface area contributed by atoms with E-state index in [9.17, 15) is 28.1 Å². The van der Waals surface area contributed by atoms with E-state index in [0.29, 0.717) is 12.2 Å². The normalized spacial score (nSPS) is 19.1. The predicted octanol–water partition coefficient (Wildman–Crippen LogP) is 4.93. The Morgan fingerprint density at radius 3 is 2.58 bits per heavy atom. The summed E-state index contributed by atoms with van der Waals surface area (Å²) >= 11 is 11.7. The van der Waals surface area contributed by atoms with Crippen molar-refractivity contribution in [2.75, 3.05) is 0 Å². The molecule has 10 heteroatoms. The number of benzene rings is 1. The monoisotopic (exact) mass is 407 g/mol. The second-order valence-electron chi connectivity index (χ2n) is 5.32. The first-order chi connectivity index (χ1) is 12.0. The minimum absolute atomic E-state index is 0.0355. The summed E-state index contributed by atoms with van der Waals surface area (Å²) < 4.78 is 42.6. The smallest absolute Gasteiger partial charge is 0.309 e. The average molecular weight is 408 g/mol. The fraction of sp³-hybridized carbons (Fsp3) is 0.188. The van der Waals surface area contributed by atoms with Gasteiger partial charge in [-0.05, 0) is 35.9 Å². The Hall–Kier alpha value is -2.32. The number of alkyl halides is 3. The van der Waals surface area contributed by atoms with E-state index >= 15 is 0 Å². The molecule has 0 saturated heterocycles. The minimum Gasteiger partial charge on any atom is -0.481 e. The lowest BCUT2D eigenvalue weighted by molar-refractivity contribution is -0.423.